The van der Waals surface area contributed by atoms with Gasteiger partial charge in [0.2, 0.25) is 0 Å². The fourth-order valence-corrected chi connectivity index (χ4v) is 2.31. The average Bonchev–Trinajstić information content (AvgIpc) is 2.53. The first kappa shape index (κ1) is 14.7. The summed E-state index contributed by atoms with van der Waals surface area (Å²) in [6.45, 7) is 1.89. The predicted octanol–water partition coefficient (Wildman–Crippen LogP) is -0.834. The van der Waals surface area contributed by atoms with Crippen LogP contribution in [0.3, 0.4) is 0 Å². The van der Waals surface area contributed by atoms with Gasteiger partial charge in [0, 0.05) is 32.0 Å². The van der Waals surface area contributed by atoms with Crippen molar-refractivity contribution in [3.63, 3.8) is 0 Å². The van der Waals surface area contributed by atoms with Crippen LogP contribution in [0.2, 0.25) is 0 Å². The Bertz CT molecular complexity index is 574. The molecule has 0 spiro atoms. The van der Waals surface area contributed by atoms with E-state index in [4.69, 9.17) is 11.0 Å². The Morgan fingerprint density at radius 2 is 2.05 bits per heavy atom. The summed E-state index contributed by atoms with van der Waals surface area (Å²) in [5.41, 5.74) is 5.19. The molecule has 0 radical (unpaired) electrons. The van der Waals surface area contributed by atoms with Crippen LogP contribution in [-0.4, -0.2) is 41.4 Å². The number of hydrogen-bond donors (Lipinski definition) is 2. The van der Waals surface area contributed by atoms with Gasteiger partial charge in [0.15, 0.2) is 11.5 Å². The molecule has 2 amide bonds. The molecular weight excluding hydrogens is 272 g/mol. The SMILES string of the molecule is N#Cc1nccnc1N1CCC(CNC(=O)C(N)=O)CC1. The highest BCUT2D eigenvalue weighted by atomic mass is 16.2. The van der Waals surface area contributed by atoms with E-state index in [0.717, 1.165) is 25.9 Å². The van der Waals surface area contributed by atoms with E-state index in [2.05, 4.69) is 15.3 Å². The highest BCUT2D eigenvalue weighted by Gasteiger charge is 2.23. The van der Waals surface area contributed by atoms with Crippen molar-refractivity contribution < 1.29 is 9.59 Å². The van der Waals surface area contributed by atoms with Crippen LogP contribution in [0.15, 0.2) is 12.4 Å². The number of rotatable bonds is 3. The standard InChI is InChI=1S/C13H16N6O2/c14-7-10-12(17-4-3-16-10)19-5-1-9(2-6-19)8-18-13(21)11(15)20/h3-4,9H,1-2,5-6,8H2,(H2,15,20)(H,18,21). The average molecular weight is 288 g/mol. The molecule has 1 aliphatic heterocycles. The molecule has 1 aromatic rings. The maximum atomic E-state index is 11.1. The van der Waals surface area contributed by atoms with Crippen LogP contribution in [0.5, 0.6) is 0 Å². The molecule has 1 saturated heterocycles. The molecule has 110 valence electrons. The molecule has 2 rings (SSSR count). The zero-order valence-electron chi connectivity index (χ0n) is 11.5. The van der Waals surface area contributed by atoms with E-state index in [1.165, 1.54) is 6.20 Å². The Morgan fingerprint density at radius 3 is 2.67 bits per heavy atom. The summed E-state index contributed by atoms with van der Waals surface area (Å²) >= 11 is 0. The second kappa shape index (κ2) is 6.65. The number of hydrogen-bond acceptors (Lipinski definition) is 6. The molecule has 8 heteroatoms. The Kier molecular flexibility index (Phi) is 4.66. The van der Waals surface area contributed by atoms with Crippen molar-refractivity contribution in [2.45, 2.75) is 12.8 Å². The molecule has 0 unspecified atom stereocenters. The lowest BCUT2D eigenvalue weighted by Crippen LogP contribution is -2.42. The number of piperidine rings is 1. The summed E-state index contributed by atoms with van der Waals surface area (Å²) in [5, 5.41) is 11.5. The molecule has 1 fully saturated rings. The Hall–Kier alpha value is -2.69. The van der Waals surface area contributed by atoms with E-state index >= 15 is 0 Å². The van der Waals surface area contributed by atoms with Gasteiger partial charge in [0.25, 0.3) is 0 Å². The Labute approximate surface area is 122 Å². The fourth-order valence-electron chi connectivity index (χ4n) is 2.31. The van der Waals surface area contributed by atoms with Crippen molar-refractivity contribution >= 4 is 17.6 Å². The number of primary amides is 1. The molecule has 1 aromatic heterocycles. The van der Waals surface area contributed by atoms with Crippen LogP contribution in [0.25, 0.3) is 0 Å². The van der Waals surface area contributed by atoms with E-state index in [1.54, 1.807) is 6.20 Å². The minimum atomic E-state index is -0.967. The molecule has 0 aliphatic carbocycles. The third-order valence-corrected chi connectivity index (χ3v) is 3.47. The normalized spacial score (nSPS) is 15.3. The second-order valence-electron chi connectivity index (χ2n) is 4.85. The zero-order valence-corrected chi connectivity index (χ0v) is 11.5. The van der Waals surface area contributed by atoms with Gasteiger partial charge in [0.1, 0.15) is 6.07 Å². The summed E-state index contributed by atoms with van der Waals surface area (Å²) < 4.78 is 0. The summed E-state index contributed by atoms with van der Waals surface area (Å²) in [6.07, 6.45) is 4.73. The number of nitrogens with one attached hydrogen (secondary N) is 1. The molecule has 3 N–H and O–H groups in total. The van der Waals surface area contributed by atoms with Gasteiger partial charge in [-0.1, -0.05) is 0 Å². The van der Waals surface area contributed by atoms with Gasteiger partial charge in [-0.05, 0) is 18.8 Å². The zero-order chi connectivity index (χ0) is 15.2. The van der Waals surface area contributed by atoms with Crippen molar-refractivity contribution in [2.75, 3.05) is 24.5 Å². The van der Waals surface area contributed by atoms with Crippen LogP contribution < -0.4 is 16.0 Å². The summed E-state index contributed by atoms with van der Waals surface area (Å²) in [5.74, 6) is -0.838. The Morgan fingerprint density at radius 1 is 1.38 bits per heavy atom. The minimum absolute atomic E-state index is 0.284. The van der Waals surface area contributed by atoms with Crippen molar-refractivity contribution in [2.24, 2.45) is 11.7 Å². The molecule has 0 atom stereocenters. The molecule has 0 bridgehead atoms. The quantitative estimate of drug-likeness (QED) is 0.699. The lowest BCUT2D eigenvalue weighted by molar-refractivity contribution is -0.137. The minimum Gasteiger partial charge on any atom is -0.361 e. The van der Waals surface area contributed by atoms with E-state index in [1.807, 2.05) is 11.0 Å². The number of anilines is 1. The van der Waals surface area contributed by atoms with Gasteiger partial charge in [-0.3, -0.25) is 9.59 Å². The van der Waals surface area contributed by atoms with E-state index in [0.29, 0.717) is 18.1 Å². The van der Waals surface area contributed by atoms with Crippen molar-refractivity contribution in [1.82, 2.24) is 15.3 Å². The van der Waals surface area contributed by atoms with Gasteiger partial charge in [-0.15, -0.1) is 0 Å². The first-order valence-corrected chi connectivity index (χ1v) is 6.65. The largest absolute Gasteiger partial charge is 0.361 e. The monoisotopic (exact) mass is 288 g/mol. The smallest absolute Gasteiger partial charge is 0.309 e. The third kappa shape index (κ3) is 3.66. The number of nitriles is 1. The van der Waals surface area contributed by atoms with Crippen molar-refractivity contribution in [3.8, 4) is 6.07 Å². The first-order valence-electron chi connectivity index (χ1n) is 6.65. The van der Waals surface area contributed by atoms with E-state index in [9.17, 15) is 9.59 Å². The van der Waals surface area contributed by atoms with Crippen LogP contribution >= 0.6 is 0 Å². The topological polar surface area (TPSA) is 125 Å². The number of carbonyl (C=O) groups excluding carboxylic acids is 2. The summed E-state index contributed by atoms with van der Waals surface area (Å²) in [4.78, 5) is 32.0. The van der Waals surface area contributed by atoms with Crippen LogP contribution in [0, 0.1) is 17.2 Å². The van der Waals surface area contributed by atoms with Crippen LogP contribution in [-0.2, 0) is 9.59 Å². The molecule has 0 aromatic carbocycles. The number of carbonyl (C=O) groups is 2. The number of amides is 2. The van der Waals surface area contributed by atoms with Crippen LogP contribution in [0.1, 0.15) is 18.5 Å². The highest BCUT2D eigenvalue weighted by molar-refractivity contribution is 6.34. The number of nitrogens with two attached hydrogens (primary N) is 1. The molecule has 1 aliphatic rings. The van der Waals surface area contributed by atoms with Gasteiger partial charge in [0.05, 0.1) is 0 Å². The number of nitrogens with zero attached hydrogens (tertiary/aromatic N) is 4. The molecular formula is C13H16N6O2. The second-order valence-corrected chi connectivity index (χ2v) is 4.85. The van der Waals surface area contributed by atoms with E-state index in [-0.39, 0.29) is 5.92 Å². The predicted molar refractivity (Wildman–Crippen MR) is 73.9 cm³/mol. The number of aromatic nitrogens is 2. The molecule has 0 saturated carbocycles. The molecule has 8 nitrogen and oxygen atoms in total. The van der Waals surface area contributed by atoms with Gasteiger partial charge < -0.3 is 16.0 Å². The van der Waals surface area contributed by atoms with E-state index < -0.39 is 11.8 Å². The third-order valence-electron chi connectivity index (χ3n) is 3.47. The fraction of sp³-hybridized carbons (Fsp3) is 0.462. The maximum absolute atomic E-state index is 11.1. The van der Waals surface area contributed by atoms with Crippen LogP contribution in [0.4, 0.5) is 5.82 Å². The lowest BCUT2D eigenvalue weighted by atomic mass is 9.96. The van der Waals surface area contributed by atoms with Crippen molar-refractivity contribution in [1.29, 1.82) is 5.26 Å². The maximum Gasteiger partial charge on any atom is 0.309 e. The molecule has 2 heterocycles. The van der Waals surface area contributed by atoms with Gasteiger partial charge in [-0.2, -0.15) is 5.26 Å². The first-order chi connectivity index (χ1) is 10.1. The van der Waals surface area contributed by atoms with Gasteiger partial charge in [-0.25, -0.2) is 9.97 Å². The van der Waals surface area contributed by atoms with Gasteiger partial charge >= 0.3 is 11.8 Å². The Balaban J connectivity index is 1.87. The molecule has 21 heavy (non-hydrogen) atoms. The van der Waals surface area contributed by atoms with Crippen molar-refractivity contribution in [3.05, 3.63) is 18.1 Å². The summed E-state index contributed by atoms with van der Waals surface area (Å²) in [6, 6.07) is 2.03. The summed E-state index contributed by atoms with van der Waals surface area (Å²) in [7, 11) is 0. The lowest BCUT2D eigenvalue weighted by Gasteiger charge is -2.32. The highest BCUT2D eigenvalue weighted by Crippen LogP contribution is 2.22.